The molecule has 0 bridgehead atoms. The van der Waals surface area contributed by atoms with E-state index in [9.17, 15) is 9.59 Å². The van der Waals surface area contributed by atoms with Crippen molar-refractivity contribution in [3.63, 3.8) is 0 Å². The first-order valence-electron chi connectivity index (χ1n) is 10.1. The molecule has 2 aliphatic rings. The third-order valence-electron chi connectivity index (χ3n) is 5.77. The Labute approximate surface area is 161 Å². The van der Waals surface area contributed by atoms with E-state index in [0.29, 0.717) is 19.0 Å². The molecule has 0 N–H and O–H groups in total. The van der Waals surface area contributed by atoms with Crippen LogP contribution in [0.3, 0.4) is 0 Å². The Morgan fingerprint density at radius 3 is 2.74 bits per heavy atom. The molecule has 6 nitrogen and oxygen atoms in total. The molecule has 1 aromatic rings. The second kappa shape index (κ2) is 9.83. The lowest BCUT2D eigenvalue weighted by atomic mass is 9.87. The zero-order chi connectivity index (χ0) is 19.1. The van der Waals surface area contributed by atoms with Crippen LogP contribution in [0.2, 0.25) is 0 Å². The SMILES string of the molecule is COCC(=O)N(Cc1cccnc1)C1CCCN(C(=O)C2CCCCC2)C1. The Morgan fingerprint density at radius 2 is 2.04 bits per heavy atom. The highest BCUT2D eigenvalue weighted by atomic mass is 16.5. The first-order valence-corrected chi connectivity index (χ1v) is 10.1. The van der Waals surface area contributed by atoms with Crippen molar-refractivity contribution in [3.8, 4) is 0 Å². The third kappa shape index (κ3) is 5.28. The number of hydrogen-bond acceptors (Lipinski definition) is 4. The van der Waals surface area contributed by atoms with Crippen molar-refractivity contribution in [3.05, 3.63) is 30.1 Å². The molecule has 2 fully saturated rings. The van der Waals surface area contributed by atoms with Gasteiger partial charge in [-0.05, 0) is 37.3 Å². The minimum atomic E-state index is -0.0293. The summed E-state index contributed by atoms with van der Waals surface area (Å²) in [5.74, 6) is 0.442. The van der Waals surface area contributed by atoms with Gasteiger partial charge in [-0.25, -0.2) is 0 Å². The van der Waals surface area contributed by atoms with Crippen LogP contribution in [-0.2, 0) is 20.9 Å². The van der Waals surface area contributed by atoms with Crippen LogP contribution in [-0.4, -0.2) is 59.4 Å². The minimum Gasteiger partial charge on any atom is -0.375 e. The van der Waals surface area contributed by atoms with Gasteiger partial charge in [-0.3, -0.25) is 14.6 Å². The Bertz CT molecular complexity index is 616. The van der Waals surface area contributed by atoms with Crippen LogP contribution in [0.5, 0.6) is 0 Å². The maximum Gasteiger partial charge on any atom is 0.249 e. The number of hydrogen-bond donors (Lipinski definition) is 0. The van der Waals surface area contributed by atoms with Gasteiger partial charge in [0.2, 0.25) is 11.8 Å². The van der Waals surface area contributed by atoms with Gasteiger partial charge in [0.25, 0.3) is 0 Å². The van der Waals surface area contributed by atoms with Gasteiger partial charge < -0.3 is 14.5 Å². The molecule has 6 heteroatoms. The number of piperidine rings is 1. The van der Waals surface area contributed by atoms with Crippen molar-refractivity contribution in [2.45, 2.75) is 57.5 Å². The van der Waals surface area contributed by atoms with Crippen molar-refractivity contribution in [1.29, 1.82) is 0 Å². The van der Waals surface area contributed by atoms with Crippen LogP contribution < -0.4 is 0 Å². The van der Waals surface area contributed by atoms with Gasteiger partial charge in [0, 0.05) is 51.1 Å². The summed E-state index contributed by atoms with van der Waals surface area (Å²) in [4.78, 5) is 33.7. The van der Waals surface area contributed by atoms with Gasteiger partial charge in [0.1, 0.15) is 6.61 Å². The van der Waals surface area contributed by atoms with E-state index in [-0.39, 0.29) is 24.5 Å². The van der Waals surface area contributed by atoms with Crippen molar-refractivity contribution >= 4 is 11.8 Å². The summed E-state index contributed by atoms with van der Waals surface area (Å²) in [7, 11) is 1.54. The van der Waals surface area contributed by atoms with Gasteiger partial charge in [-0.2, -0.15) is 0 Å². The predicted octanol–water partition coefficient (Wildman–Crippen LogP) is 2.63. The Kier molecular flexibility index (Phi) is 7.21. The average Bonchev–Trinajstić information content (AvgIpc) is 2.73. The molecule has 1 saturated carbocycles. The van der Waals surface area contributed by atoms with E-state index in [1.165, 1.54) is 6.42 Å². The fraction of sp³-hybridized carbons (Fsp3) is 0.667. The number of ether oxygens (including phenoxy) is 1. The summed E-state index contributed by atoms with van der Waals surface area (Å²) >= 11 is 0. The summed E-state index contributed by atoms with van der Waals surface area (Å²) in [6, 6.07) is 3.90. The summed E-state index contributed by atoms with van der Waals surface area (Å²) in [5.41, 5.74) is 0.998. The molecule has 1 unspecified atom stereocenters. The Hall–Kier alpha value is -1.95. The standard InChI is InChI=1S/C21H31N3O3/c1-27-16-20(25)24(14-17-7-5-11-22-13-17)19-10-6-12-23(15-19)21(26)18-8-3-2-4-9-18/h5,7,11,13,18-19H,2-4,6,8-10,12,14-16H2,1H3. The van der Waals surface area contributed by atoms with Crippen LogP contribution in [0.15, 0.2) is 24.5 Å². The first kappa shape index (κ1) is 19.8. The number of carbonyl (C=O) groups excluding carboxylic acids is 2. The van der Waals surface area contributed by atoms with Crippen LogP contribution >= 0.6 is 0 Å². The van der Waals surface area contributed by atoms with Gasteiger partial charge in [-0.1, -0.05) is 25.3 Å². The molecule has 1 aromatic heterocycles. The summed E-state index contributed by atoms with van der Waals surface area (Å²) in [5, 5.41) is 0. The fourth-order valence-corrected chi connectivity index (χ4v) is 4.33. The molecule has 1 saturated heterocycles. The second-order valence-corrected chi connectivity index (χ2v) is 7.73. The highest BCUT2D eigenvalue weighted by molar-refractivity contribution is 5.80. The lowest BCUT2D eigenvalue weighted by Crippen LogP contribution is -2.53. The zero-order valence-electron chi connectivity index (χ0n) is 16.3. The number of likely N-dealkylation sites (tertiary alicyclic amines) is 1. The Morgan fingerprint density at radius 1 is 1.22 bits per heavy atom. The van der Waals surface area contributed by atoms with Gasteiger partial charge in [0.15, 0.2) is 0 Å². The lowest BCUT2D eigenvalue weighted by molar-refractivity contribution is -0.145. The molecule has 1 aliphatic heterocycles. The smallest absolute Gasteiger partial charge is 0.249 e. The molecule has 0 spiro atoms. The topological polar surface area (TPSA) is 62.7 Å². The van der Waals surface area contributed by atoms with Crippen LogP contribution in [0.25, 0.3) is 0 Å². The summed E-state index contributed by atoms with van der Waals surface area (Å²) in [6.45, 7) is 2.01. The molecule has 0 radical (unpaired) electrons. The van der Waals surface area contributed by atoms with E-state index in [1.54, 1.807) is 19.5 Å². The average molecular weight is 373 g/mol. The van der Waals surface area contributed by atoms with E-state index in [2.05, 4.69) is 4.98 Å². The van der Waals surface area contributed by atoms with E-state index in [0.717, 1.165) is 50.6 Å². The maximum absolute atomic E-state index is 13.0. The van der Waals surface area contributed by atoms with E-state index in [4.69, 9.17) is 4.74 Å². The third-order valence-corrected chi connectivity index (χ3v) is 5.77. The molecule has 1 atom stereocenters. The molecule has 3 rings (SSSR count). The molecule has 27 heavy (non-hydrogen) atoms. The number of carbonyl (C=O) groups is 2. The van der Waals surface area contributed by atoms with Crippen molar-refractivity contribution in [2.24, 2.45) is 5.92 Å². The monoisotopic (exact) mass is 373 g/mol. The maximum atomic E-state index is 13.0. The number of pyridine rings is 1. The largest absolute Gasteiger partial charge is 0.375 e. The molecule has 0 aromatic carbocycles. The molecule has 2 amide bonds. The Balaban J connectivity index is 1.69. The van der Waals surface area contributed by atoms with Crippen molar-refractivity contribution in [2.75, 3.05) is 26.8 Å². The van der Waals surface area contributed by atoms with E-state index < -0.39 is 0 Å². The zero-order valence-corrected chi connectivity index (χ0v) is 16.3. The number of rotatable bonds is 6. The number of nitrogens with zero attached hydrogens (tertiary/aromatic N) is 3. The predicted molar refractivity (Wildman–Crippen MR) is 103 cm³/mol. The molecular weight excluding hydrogens is 342 g/mol. The normalized spacial score (nSPS) is 21.1. The first-order chi connectivity index (χ1) is 13.2. The quantitative estimate of drug-likeness (QED) is 0.769. The fourth-order valence-electron chi connectivity index (χ4n) is 4.33. The minimum absolute atomic E-state index is 0.0293. The van der Waals surface area contributed by atoms with E-state index >= 15 is 0 Å². The van der Waals surface area contributed by atoms with Crippen molar-refractivity contribution < 1.29 is 14.3 Å². The number of methoxy groups -OCH3 is 1. The summed E-state index contributed by atoms with van der Waals surface area (Å²) < 4.78 is 5.10. The molecule has 1 aliphatic carbocycles. The summed E-state index contributed by atoms with van der Waals surface area (Å²) in [6.07, 6.45) is 11.0. The lowest BCUT2D eigenvalue weighted by Gasteiger charge is -2.41. The number of amides is 2. The van der Waals surface area contributed by atoms with Gasteiger partial charge >= 0.3 is 0 Å². The van der Waals surface area contributed by atoms with Gasteiger partial charge in [0.05, 0.1) is 0 Å². The number of aromatic nitrogens is 1. The van der Waals surface area contributed by atoms with Gasteiger partial charge in [-0.15, -0.1) is 0 Å². The van der Waals surface area contributed by atoms with Crippen LogP contribution in [0.1, 0.15) is 50.5 Å². The highest BCUT2D eigenvalue weighted by Crippen LogP contribution is 2.27. The second-order valence-electron chi connectivity index (χ2n) is 7.73. The highest BCUT2D eigenvalue weighted by Gasteiger charge is 2.33. The molecule has 148 valence electrons. The molecule has 2 heterocycles. The van der Waals surface area contributed by atoms with Crippen LogP contribution in [0, 0.1) is 5.92 Å². The van der Waals surface area contributed by atoms with Crippen molar-refractivity contribution in [1.82, 2.24) is 14.8 Å². The van der Waals surface area contributed by atoms with E-state index in [1.807, 2.05) is 21.9 Å². The molecular formula is C21H31N3O3. The van der Waals surface area contributed by atoms with Crippen LogP contribution in [0.4, 0.5) is 0 Å².